The number of methoxy groups -OCH3 is 1. The molecule has 0 aliphatic carbocycles. The van der Waals surface area contributed by atoms with Crippen LogP contribution in [-0.4, -0.2) is 61.5 Å². The lowest BCUT2D eigenvalue weighted by Crippen LogP contribution is -2.36. The van der Waals surface area contributed by atoms with Gasteiger partial charge in [0.1, 0.15) is 0 Å². The van der Waals surface area contributed by atoms with Gasteiger partial charge in [-0.2, -0.15) is 0 Å². The second-order valence-electron chi connectivity index (χ2n) is 6.86. The minimum Gasteiger partial charge on any atom is -0.383 e. The molecule has 1 aromatic carbocycles. The van der Waals surface area contributed by atoms with Gasteiger partial charge in [-0.3, -0.25) is 9.59 Å². The van der Waals surface area contributed by atoms with Crippen LogP contribution in [-0.2, 0) is 20.7 Å². The molecule has 24 heavy (non-hydrogen) atoms. The Hall–Kier alpha value is -1.88. The summed E-state index contributed by atoms with van der Waals surface area (Å²) in [7, 11) is 1.63. The van der Waals surface area contributed by atoms with Crippen molar-refractivity contribution < 1.29 is 14.3 Å². The Labute approximate surface area is 143 Å². The van der Waals surface area contributed by atoms with Crippen LogP contribution in [0.4, 0.5) is 0 Å². The maximum Gasteiger partial charge on any atom is 0.228 e. The topological polar surface area (TPSA) is 49.9 Å². The zero-order chi connectivity index (χ0) is 16.9. The van der Waals surface area contributed by atoms with Crippen molar-refractivity contribution in [2.75, 3.05) is 39.9 Å². The average Bonchev–Trinajstić information content (AvgIpc) is 3.20. The van der Waals surface area contributed by atoms with Crippen molar-refractivity contribution >= 4 is 11.8 Å². The van der Waals surface area contributed by atoms with Crippen molar-refractivity contribution in [1.29, 1.82) is 0 Å². The first-order valence-corrected chi connectivity index (χ1v) is 8.77. The zero-order valence-corrected chi connectivity index (χ0v) is 14.3. The van der Waals surface area contributed by atoms with Crippen molar-refractivity contribution in [2.45, 2.75) is 19.3 Å². The highest BCUT2D eigenvalue weighted by molar-refractivity contribution is 5.89. The minimum atomic E-state index is -0.176. The van der Waals surface area contributed by atoms with E-state index in [2.05, 4.69) is 24.3 Å². The predicted octanol–water partition coefficient (Wildman–Crippen LogP) is 1.57. The van der Waals surface area contributed by atoms with Crippen LogP contribution >= 0.6 is 0 Å². The Morgan fingerprint density at radius 3 is 2.79 bits per heavy atom. The van der Waals surface area contributed by atoms with Crippen molar-refractivity contribution in [3.05, 3.63) is 35.9 Å². The summed E-state index contributed by atoms with van der Waals surface area (Å²) >= 11 is 0. The number of rotatable bonds is 6. The van der Waals surface area contributed by atoms with Gasteiger partial charge in [0, 0.05) is 39.7 Å². The summed E-state index contributed by atoms with van der Waals surface area (Å²) in [5.41, 5.74) is 1.33. The molecule has 2 aliphatic rings. The third-order valence-corrected chi connectivity index (χ3v) is 5.09. The van der Waals surface area contributed by atoms with Gasteiger partial charge in [-0.05, 0) is 24.3 Å². The van der Waals surface area contributed by atoms with Crippen LogP contribution in [0.5, 0.6) is 0 Å². The molecule has 2 heterocycles. The number of nitrogens with zero attached hydrogens (tertiary/aromatic N) is 2. The molecule has 0 bridgehead atoms. The maximum absolute atomic E-state index is 12.7. The van der Waals surface area contributed by atoms with E-state index in [1.807, 2.05) is 11.0 Å². The summed E-state index contributed by atoms with van der Waals surface area (Å²) < 4.78 is 5.03. The molecule has 0 radical (unpaired) electrons. The lowest BCUT2D eigenvalue weighted by molar-refractivity contribution is -0.135. The fourth-order valence-corrected chi connectivity index (χ4v) is 3.76. The largest absolute Gasteiger partial charge is 0.383 e. The standard InChI is InChI=1S/C19H26N2O3/c1-24-10-9-20-14-17(12-18(20)22)19(23)21-8-7-16(13-21)11-15-5-3-2-4-6-15/h2-6,16-17H,7-14H2,1H3. The molecule has 1 aromatic rings. The van der Waals surface area contributed by atoms with Crippen LogP contribution in [0.1, 0.15) is 18.4 Å². The van der Waals surface area contributed by atoms with E-state index >= 15 is 0 Å². The summed E-state index contributed by atoms with van der Waals surface area (Å²) in [5.74, 6) is 0.576. The first-order chi connectivity index (χ1) is 11.7. The molecule has 2 fully saturated rings. The quantitative estimate of drug-likeness (QED) is 0.796. The van der Waals surface area contributed by atoms with Crippen LogP contribution < -0.4 is 0 Å². The van der Waals surface area contributed by atoms with E-state index in [9.17, 15) is 9.59 Å². The third-order valence-electron chi connectivity index (χ3n) is 5.09. The van der Waals surface area contributed by atoms with Crippen molar-refractivity contribution in [1.82, 2.24) is 9.80 Å². The van der Waals surface area contributed by atoms with Crippen molar-refractivity contribution in [3.63, 3.8) is 0 Å². The molecule has 2 aliphatic heterocycles. The Bertz CT molecular complexity index is 575. The van der Waals surface area contributed by atoms with Gasteiger partial charge in [-0.1, -0.05) is 30.3 Å². The second-order valence-corrected chi connectivity index (χ2v) is 6.86. The number of carbonyl (C=O) groups excluding carboxylic acids is 2. The van der Waals surface area contributed by atoms with E-state index < -0.39 is 0 Å². The minimum absolute atomic E-state index is 0.0745. The SMILES string of the molecule is COCCN1CC(C(=O)N2CCC(Cc3ccccc3)C2)CC1=O. The third kappa shape index (κ3) is 3.96. The van der Waals surface area contributed by atoms with E-state index in [4.69, 9.17) is 4.74 Å². The lowest BCUT2D eigenvalue weighted by Gasteiger charge is -2.21. The van der Waals surface area contributed by atoms with E-state index in [1.54, 1.807) is 12.0 Å². The number of ether oxygens (including phenoxy) is 1. The predicted molar refractivity (Wildman–Crippen MR) is 91.4 cm³/mol. The van der Waals surface area contributed by atoms with Gasteiger partial charge in [-0.15, -0.1) is 0 Å². The van der Waals surface area contributed by atoms with Crippen molar-refractivity contribution in [2.24, 2.45) is 11.8 Å². The summed E-state index contributed by atoms with van der Waals surface area (Å²) in [6.45, 7) is 3.28. The van der Waals surface area contributed by atoms with E-state index in [1.165, 1.54) is 5.56 Å². The summed E-state index contributed by atoms with van der Waals surface area (Å²) in [6, 6.07) is 10.4. The summed E-state index contributed by atoms with van der Waals surface area (Å²) in [6.07, 6.45) is 2.42. The monoisotopic (exact) mass is 330 g/mol. The van der Waals surface area contributed by atoms with E-state index in [-0.39, 0.29) is 17.7 Å². The Kier molecular flexibility index (Phi) is 5.51. The molecule has 0 spiro atoms. The molecular formula is C19H26N2O3. The van der Waals surface area contributed by atoms with E-state index in [0.29, 0.717) is 32.0 Å². The number of benzene rings is 1. The Morgan fingerprint density at radius 2 is 2.04 bits per heavy atom. The van der Waals surface area contributed by atoms with Gasteiger partial charge in [0.15, 0.2) is 0 Å². The van der Waals surface area contributed by atoms with E-state index in [0.717, 1.165) is 25.9 Å². The fourth-order valence-electron chi connectivity index (χ4n) is 3.76. The highest BCUT2D eigenvalue weighted by atomic mass is 16.5. The first kappa shape index (κ1) is 17.0. The molecule has 2 unspecified atom stereocenters. The molecule has 0 saturated carbocycles. The molecule has 3 rings (SSSR count). The smallest absolute Gasteiger partial charge is 0.228 e. The van der Waals surface area contributed by atoms with Gasteiger partial charge in [0.25, 0.3) is 0 Å². The molecule has 5 heteroatoms. The second kappa shape index (κ2) is 7.79. The van der Waals surface area contributed by atoms with Gasteiger partial charge >= 0.3 is 0 Å². The first-order valence-electron chi connectivity index (χ1n) is 8.77. The Morgan fingerprint density at radius 1 is 1.25 bits per heavy atom. The fraction of sp³-hybridized carbons (Fsp3) is 0.579. The molecule has 2 atom stereocenters. The van der Waals surface area contributed by atoms with Gasteiger partial charge in [0.2, 0.25) is 11.8 Å². The maximum atomic E-state index is 12.7. The number of amides is 2. The molecule has 0 N–H and O–H groups in total. The van der Waals surface area contributed by atoms with Crippen LogP contribution in [0.25, 0.3) is 0 Å². The summed E-state index contributed by atoms with van der Waals surface area (Å²) in [5, 5.41) is 0. The molecule has 130 valence electrons. The number of hydrogen-bond donors (Lipinski definition) is 0. The normalized spacial score (nSPS) is 24.0. The van der Waals surface area contributed by atoms with Crippen molar-refractivity contribution in [3.8, 4) is 0 Å². The molecule has 5 nitrogen and oxygen atoms in total. The lowest BCUT2D eigenvalue weighted by atomic mass is 9.99. The number of hydrogen-bond acceptors (Lipinski definition) is 3. The van der Waals surface area contributed by atoms with Gasteiger partial charge in [-0.25, -0.2) is 0 Å². The summed E-state index contributed by atoms with van der Waals surface area (Å²) in [4.78, 5) is 28.5. The zero-order valence-electron chi connectivity index (χ0n) is 14.3. The number of carbonyl (C=O) groups is 2. The molecule has 2 saturated heterocycles. The van der Waals surface area contributed by atoms with Crippen LogP contribution in [0.15, 0.2) is 30.3 Å². The van der Waals surface area contributed by atoms with Gasteiger partial charge < -0.3 is 14.5 Å². The molecular weight excluding hydrogens is 304 g/mol. The highest BCUT2D eigenvalue weighted by Gasteiger charge is 2.38. The number of likely N-dealkylation sites (tertiary alicyclic amines) is 2. The average molecular weight is 330 g/mol. The Balaban J connectivity index is 1.50. The van der Waals surface area contributed by atoms with Gasteiger partial charge in [0.05, 0.1) is 12.5 Å². The molecule has 0 aromatic heterocycles. The molecule has 2 amide bonds. The van der Waals surface area contributed by atoms with Crippen LogP contribution in [0, 0.1) is 11.8 Å². The van der Waals surface area contributed by atoms with Crippen LogP contribution in [0.2, 0.25) is 0 Å². The highest BCUT2D eigenvalue weighted by Crippen LogP contribution is 2.26. The van der Waals surface area contributed by atoms with Crippen LogP contribution in [0.3, 0.4) is 0 Å².